The highest BCUT2D eigenvalue weighted by atomic mass is 16.5. The van der Waals surface area contributed by atoms with Gasteiger partial charge in [-0.15, -0.1) is 0 Å². The Hall–Kier alpha value is -2.98. The van der Waals surface area contributed by atoms with Gasteiger partial charge in [0.25, 0.3) is 0 Å². The summed E-state index contributed by atoms with van der Waals surface area (Å²) in [4.78, 5) is 26.0. The number of nitrogens with zero attached hydrogens (tertiary/aromatic N) is 5. The lowest BCUT2D eigenvalue weighted by molar-refractivity contribution is -0.154. The van der Waals surface area contributed by atoms with Crippen molar-refractivity contribution in [3.05, 3.63) is 54.0 Å². The maximum Gasteiger partial charge on any atom is 0.248 e. The molecule has 1 amide bonds. The topological polar surface area (TPSA) is 82.4 Å². The third-order valence-electron chi connectivity index (χ3n) is 6.80. The maximum atomic E-state index is 13.0. The highest BCUT2D eigenvalue weighted by Gasteiger charge is 2.44. The highest BCUT2D eigenvalue weighted by Crippen LogP contribution is 2.44. The van der Waals surface area contributed by atoms with E-state index in [0.717, 1.165) is 43.5 Å². The second kappa shape index (κ2) is 7.69. The lowest BCUT2D eigenvalue weighted by Gasteiger charge is -2.44. The predicted molar refractivity (Wildman–Crippen MR) is 111 cm³/mol. The van der Waals surface area contributed by atoms with Crippen LogP contribution in [0.15, 0.2) is 42.9 Å². The van der Waals surface area contributed by atoms with E-state index < -0.39 is 0 Å². The van der Waals surface area contributed by atoms with E-state index in [0.29, 0.717) is 18.7 Å². The molecule has 4 heterocycles. The summed E-state index contributed by atoms with van der Waals surface area (Å²) in [5.74, 6) is 0.962. The number of hydrogen-bond donors (Lipinski definition) is 0. The Bertz CT molecular complexity index is 938. The summed E-state index contributed by atoms with van der Waals surface area (Å²) in [7, 11) is 0. The van der Waals surface area contributed by atoms with Crippen molar-refractivity contribution in [1.82, 2.24) is 14.9 Å². The van der Waals surface area contributed by atoms with Gasteiger partial charge in [0.1, 0.15) is 18.5 Å². The van der Waals surface area contributed by atoms with Crippen LogP contribution in [0.4, 0.5) is 5.82 Å². The third-order valence-corrected chi connectivity index (χ3v) is 6.80. The number of likely N-dealkylation sites (tertiary alicyclic amines) is 1. The SMILES string of the molecule is N#Cc1ccc(N2C3CC[C@H]2CN(C(=O)COC2(c4cccnc4)CCC2)C3)nc1. The van der Waals surface area contributed by atoms with E-state index in [4.69, 9.17) is 10.00 Å². The van der Waals surface area contributed by atoms with Crippen LogP contribution in [0.3, 0.4) is 0 Å². The third kappa shape index (κ3) is 3.31. The van der Waals surface area contributed by atoms with Crippen molar-refractivity contribution in [2.24, 2.45) is 0 Å². The molecule has 2 bridgehead atoms. The number of carbonyl (C=O) groups is 1. The van der Waals surface area contributed by atoms with Crippen LogP contribution in [0.25, 0.3) is 0 Å². The second-order valence-corrected chi connectivity index (χ2v) is 8.49. The molecular formula is C23H25N5O2. The molecule has 7 nitrogen and oxygen atoms in total. The Labute approximate surface area is 176 Å². The molecule has 1 aliphatic carbocycles. The van der Waals surface area contributed by atoms with Gasteiger partial charge in [0, 0.05) is 49.3 Å². The maximum absolute atomic E-state index is 13.0. The molecule has 0 radical (unpaired) electrons. The van der Waals surface area contributed by atoms with Crippen molar-refractivity contribution in [2.75, 3.05) is 24.6 Å². The molecule has 5 rings (SSSR count). The lowest BCUT2D eigenvalue weighted by atomic mass is 9.75. The number of piperazine rings is 1. The first kappa shape index (κ1) is 19.0. The van der Waals surface area contributed by atoms with Crippen molar-refractivity contribution in [1.29, 1.82) is 5.26 Å². The summed E-state index contributed by atoms with van der Waals surface area (Å²) in [5.41, 5.74) is 1.29. The molecule has 1 saturated carbocycles. The number of carbonyl (C=O) groups excluding carboxylic acids is 1. The molecule has 2 aromatic rings. The van der Waals surface area contributed by atoms with Gasteiger partial charge in [-0.2, -0.15) is 5.26 Å². The molecule has 154 valence electrons. The number of aromatic nitrogens is 2. The number of hydrogen-bond acceptors (Lipinski definition) is 6. The highest BCUT2D eigenvalue weighted by molar-refractivity contribution is 5.78. The monoisotopic (exact) mass is 403 g/mol. The number of amides is 1. The Morgan fingerprint density at radius 1 is 1.20 bits per heavy atom. The zero-order valence-electron chi connectivity index (χ0n) is 16.9. The predicted octanol–water partition coefficient (Wildman–Crippen LogP) is 2.62. The zero-order chi connectivity index (χ0) is 20.6. The van der Waals surface area contributed by atoms with Crippen LogP contribution in [0.2, 0.25) is 0 Å². The van der Waals surface area contributed by atoms with E-state index in [1.807, 2.05) is 35.4 Å². The Kier molecular flexibility index (Phi) is 4.87. The molecule has 2 aromatic heterocycles. The van der Waals surface area contributed by atoms with Crippen molar-refractivity contribution < 1.29 is 9.53 Å². The molecule has 30 heavy (non-hydrogen) atoms. The van der Waals surface area contributed by atoms with E-state index in [-0.39, 0.29) is 30.2 Å². The first-order chi connectivity index (χ1) is 14.7. The minimum atomic E-state index is -0.350. The van der Waals surface area contributed by atoms with Crippen LogP contribution < -0.4 is 4.90 Å². The lowest BCUT2D eigenvalue weighted by Crippen LogP contribution is -2.56. The van der Waals surface area contributed by atoms with Gasteiger partial charge in [0.15, 0.2) is 0 Å². The minimum Gasteiger partial charge on any atom is -0.360 e. The first-order valence-electron chi connectivity index (χ1n) is 10.7. The van der Waals surface area contributed by atoms with Crippen molar-refractivity contribution in [3.63, 3.8) is 0 Å². The molecule has 3 fully saturated rings. The molecule has 0 spiro atoms. The molecule has 0 N–H and O–H groups in total. The van der Waals surface area contributed by atoms with Gasteiger partial charge in [-0.25, -0.2) is 4.98 Å². The summed E-state index contributed by atoms with van der Waals surface area (Å²) < 4.78 is 6.21. The van der Waals surface area contributed by atoms with Crippen LogP contribution in [0.1, 0.15) is 43.2 Å². The molecule has 2 aliphatic heterocycles. The number of fused-ring (bicyclic) bond motifs is 2. The standard InChI is InChI=1S/C23H25N5O2/c24-11-17-4-7-21(26-12-17)28-19-5-6-20(28)15-27(14-19)22(29)16-30-23(8-2-9-23)18-3-1-10-25-13-18/h1,3-4,7,10,12-13,19-20H,2,5-6,8-9,14-16H2/t19-,20?/m0/s1. The van der Waals surface area contributed by atoms with Crippen molar-refractivity contribution >= 4 is 11.7 Å². The molecule has 1 unspecified atom stereocenters. The normalized spacial score (nSPS) is 24.2. The van der Waals surface area contributed by atoms with Crippen LogP contribution >= 0.6 is 0 Å². The van der Waals surface area contributed by atoms with Crippen LogP contribution in [-0.4, -0.2) is 52.6 Å². The van der Waals surface area contributed by atoms with Gasteiger partial charge in [-0.3, -0.25) is 9.78 Å². The van der Waals surface area contributed by atoms with Gasteiger partial charge in [0.2, 0.25) is 5.91 Å². The van der Waals surface area contributed by atoms with Gasteiger partial charge >= 0.3 is 0 Å². The fourth-order valence-electron chi connectivity index (χ4n) is 5.02. The van der Waals surface area contributed by atoms with E-state index in [9.17, 15) is 4.79 Å². The molecular weight excluding hydrogens is 378 g/mol. The number of anilines is 1. The summed E-state index contributed by atoms with van der Waals surface area (Å²) >= 11 is 0. The van der Waals surface area contributed by atoms with Crippen molar-refractivity contribution in [3.8, 4) is 6.07 Å². The molecule has 2 saturated heterocycles. The molecule has 2 atom stereocenters. The van der Waals surface area contributed by atoms with E-state index in [1.165, 1.54) is 0 Å². The largest absolute Gasteiger partial charge is 0.360 e. The molecule has 0 aromatic carbocycles. The number of nitriles is 1. The molecule has 7 heteroatoms. The smallest absolute Gasteiger partial charge is 0.248 e. The Morgan fingerprint density at radius 3 is 2.57 bits per heavy atom. The van der Waals surface area contributed by atoms with Gasteiger partial charge in [-0.05, 0) is 50.3 Å². The van der Waals surface area contributed by atoms with E-state index in [1.54, 1.807) is 12.4 Å². The van der Waals surface area contributed by atoms with Crippen LogP contribution in [0, 0.1) is 11.3 Å². The zero-order valence-corrected chi connectivity index (χ0v) is 16.9. The van der Waals surface area contributed by atoms with Gasteiger partial charge in [-0.1, -0.05) is 6.07 Å². The van der Waals surface area contributed by atoms with Crippen LogP contribution in [-0.2, 0) is 15.1 Å². The summed E-state index contributed by atoms with van der Waals surface area (Å²) in [5, 5.41) is 8.99. The van der Waals surface area contributed by atoms with Gasteiger partial charge in [0.05, 0.1) is 11.2 Å². The van der Waals surface area contributed by atoms with E-state index in [2.05, 4.69) is 20.9 Å². The molecule has 3 aliphatic rings. The fourth-order valence-corrected chi connectivity index (χ4v) is 5.02. The quantitative estimate of drug-likeness (QED) is 0.763. The number of ether oxygens (including phenoxy) is 1. The Morgan fingerprint density at radius 2 is 2.00 bits per heavy atom. The van der Waals surface area contributed by atoms with E-state index >= 15 is 0 Å². The van der Waals surface area contributed by atoms with Gasteiger partial charge < -0.3 is 14.5 Å². The fraction of sp³-hybridized carbons (Fsp3) is 0.478. The first-order valence-corrected chi connectivity index (χ1v) is 10.7. The average Bonchev–Trinajstić information content (AvgIpc) is 3.02. The Balaban J connectivity index is 1.23. The summed E-state index contributed by atoms with van der Waals surface area (Å²) in [6.07, 6.45) is 10.3. The van der Waals surface area contributed by atoms with Crippen molar-refractivity contribution in [2.45, 2.75) is 49.8 Å². The average molecular weight is 403 g/mol. The second-order valence-electron chi connectivity index (χ2n) is 8.49. The van der Waals surface area contributed by atoms with Crippen LogP contribution in [0.5, 0.6) is 0 Å². The number of rotatable bonds is 5. The number of pyridine rings is 2. The minimum absolute atomic E-state index is 0.0644. The summed E-state index contributed by atoms with van der Waals surface area (Å²) in [6.45, 7) is 1.50. The summed E-state index contributed by atoms with van der Waals surface area (Å²) in [6, 6.07) is 10.3.